The van der Waals surface area contributed by atoms with Crippen LogP contribution in [0.25, 0.3) is 0 Å². The number of aromatic carboxylic acids is 1. The van der Waals surface area contributed by atoms with E-state index in [9.17, 15) is 14.4 Å². The van der Waals surface area contributed by atoms with Crippen molar-refractivity contribution in [3.63, 3.8) is 0 Å². The molecule has 6 nitrogen and oxygen atoms in total. The van der Waals surface area contributed by atoms with Crippen LogP contribution in [-0.2, 0) is 4.79 Å². The van der Waals surface area contributed by atoms with Crippen LogP contribution in [-0.4, -0.2) is 46.9 Å². The van der Waals surface area contributed by atoms with Gasteiger partial charge in [-0.2, -0.15) is 0 Å². The largest absolute Gasteiger partial charge is 0.478 e. The number of likely N-dealkylation sites (tertiary alicyclic amines) is 1. The first kappa shape index (κ1) is 15.5. The average Bonchev–Trinajstić information content (AvgIpc) is 3.40. The van der Waals surface area contributed by atoms with E-state index in [1.54, 1.807) is 0 Å². The van der Waals surface area contributed by atoms with Crippen molar-refractivity contribution in [2.45, 2.75) is 31.7 Å². The van der Waals surface area contributed by atoms with Crippen molar-refractivity contribution in [1.29, 1.82) is 0 Å². The van der Waals surface area contributed by atoms with Gasteiger partial charge in [-0.3, -0.25) is 9.59 Å². The molecular weight excluding hydrogens is 296 g/mol. The van der Waals surface area contributed by atoms with Gasteiger partial charge in [0.05, 0.1) is 5.56 Å². The van der Waals surface area contributed by atoms with Gasteiger partial charge in [0.2, 0.25) is 5.91 Å². The molecule has 0 aromatic heterocycles. The van der Waals surface area contributed by atoms with Crippen molar-refractivity contribution < 1.29 is 19.5 Å². The van der Waals surface area contributed by atoms with Crippen LogP contribution in [0.1, 0.15) is 46.4 Å². The normalized spacial score (nSPS) is 18.5. The van der Waals surface area contributed by atoms with Crippen LogP contribution in [0.3, 0.4) is 0 Å². The van der Waals surface area contributed by atoms with E-state index in [1.165, 1.54) is 24.3 Å². The number of carbonyl (C=O) groups excluding carboxylic acids is 2. The van der Waals surface area contributed by atoms with E-state index < -0.39 is 5.97 Å². The lowest BCUT2D eigenvalue weighted by Crippen LogP contribution is -2.47. The van der Waals surface area contributed by atoms with Crippen LogP contribution >= 0.6 is 0 Å². The number of nitrogens with zero attached hydrogens (tertiary/aromatic N) is 1. The first-order valence-electron chi connectivity index (χ1n) is 7.97. The van der Waals surface area contributed by atoms with Gasteiger partial charge in [-0.25, -0.2) is 4.79 Å². The van der Waals surface area contributed by atoms with Gasteiger partial charge < -0.3 is 15.3 Å². The lowest BCUT2D eigenvalue weighted by molar-refractivity contribution is -0.133. The van der Waals surface area contributed by atoms with Crippen molar-refractivity contribution >= 4 is 17.8 Å². The summed E-state index contributed by atoms with van der Waals surface area (Å²) in [5, 5.41) is 11.8. The SMILES string of the molecule is O=C(O)c1ccc(C(=O)NC2CCN(C(=O)C3CC3)CC2)cc1. The Morgan fingerprint density at radius 3 is 2.04 bits per heavy atom. The monoisotopic (exact) mass is 316 g/mol. The summed E-state index contributed by atoms with van der Waals surface area (Å²) in [6, 6.07) is 5.95. The number of benzene rings is 1. The first-order valence-corrected chi connectivity index (χ1v) is 7.97. The highest BCUT2D eigenvalue weighted by molar-refractivity contribution is 5.96. The maximum atomic E-state index is 12.2. The minimum atomic E-state index is -1.01. The Morgan fingerprint density at radius 1 is 0.957 bits per heavy atom. The van der Waals surface area contributed by atoms with Gasteiger partial charge in [-0.1, -0.05) is 0 Å². The summed E-state index contributed by atoms with van der Waals surface area (Å²) in [4.78, 5) is 36.9. The predicted octanol–water partition coefficient (Wildman–Crippen LogP) is 1.52. The van der Waals surface area contributed by atoms with E-state index in [4.69, 9.17) is 5.11 Å². The minimum absolute atomic E-state index is 0.0601. The second-order valence-corrected chi connectivity index (χ2v) is 6.23. The smallest absolute Gasteiger partial charge is 0.335 e. The number of carboxylic acid groups (broad SMARTS) is 1. The number of rotatable bonds is 4. The molecule has 1 heterocycles. The Kier molecular flexibility index (Phi) is 4.32. The molecule has 1 aromatic carbocycles. The molecule has 0 atom stereocenters. The number of carbonyl (C=O) groups is 3. The summed E-state index contributed by atoms with van der Waals surface area (Å²) in [6.45, 7) is 1.39. The fourth-order valence-electron chi connectivity index (χ4n) is 2.87. The standard InChI is InChI=1S/C17H20N2O4/c20-15(11-1-5-13(6-2-11)17(22)23)18-14-7-9-19(10-8-14)16(21)12-3-4-12/h1-2,5-6,12,14H,3-4,7-10H2,(H,18,20)(H,22,23). The predicted molar refractivity (Wildman–Crippen MR) is 83.2 cm³/mol. The Hall–Kier alpha value is -2.37. The zero-order chi connectivity index (χ0) is 16.4. The van der Waals surface area contributed by atoms with Crippen LogP contribution < -0.4 is 5.32 Å². The highest BCUT2D eigenvalue weighted by atomic mass is 16.4. The van der Waals surface area contributed by atoms with Gasteiger partial charge in [0, 0.05) is 30.6 Å². The first-order chi connectivity index (χ1) is 11.0. The Morgan fingerprint density at radius 2 is 1.52 bits per heavy atom. The fraction of sp³-hybridized carbons (Fsp3) is 0.471. The quantitative estimate of drug-likeness (QED) is 0.881. The summed E-state index contributed by atoms with van der Waals surface area (Å²) < 4.78 is 0. The molecule has 1 aliphatic heterocycles. The number of carboxylic acids is 1. The summed E-state index contributed by atoms with van der Waals surface area (Å²) in [5.74, 6) is -0.702. The number of hydrogen-bond donors (Lipinski definition) is 2. The van der Waals surface area contributed by atoms with Crippen molar-refractivity contribution in [1.82, 2.24) is 10.2 Å². The van der Waals surface area contributed by atoms with Gasteiger partial charge in [0.15, 0.2) is 0 Å². The zero-order valence-corrected chi connectivity index (χ0v) is 12.8. The molecule has 1 saturated heterocycles. The summed E-state index contributed by atoms with van der Waals surface area (Å²) in [6.07, 6.45) is 3.55. The third-order valence-electron chi connectivity index (χ3n) is 4.46. The molecule has 2 aliphatic rings. The molecule has 0 unspecified atom stereocenters. The van der Waals surface area contributed by atoms with E-state index >= 15 is 0 Å². The van der Waals surface area contributed by atoms with E-state index in [0.717, 1.165) is 25.7 Å². The highest BCUT2D eigenvalue weighted by Gasteiger charge is 2.35. The lowest BCUT2D eigenvalue weighted by Gasteiger charge is -2.32. The Bertz CT molecular complexity index is 614. The maximum Gasteiger partial charge on any atom is 0.335 e. The average molecular weight is 316 g/mol. The summed E-state index contributed by atoms with van der Waals surface area (Å²) >= 11 is 0. The molecule has 2 N–H and O–H groups in total. The fourth-order valence-corrected chi connectivity index (χ4v) is 2.87. The molecule has 6 heteroatoms. The molecule has 23 heavy (non-hydrogen) atoms. The summed E-state index contributed by atoms with van der Waals surface area (Å²) in [7, 11) is 0. The zero-order valence-electron chi connectivity index (χ0n) is 12.8. The second-order valence-electron chi connectivity index (χ2n) is 6.23. The van der Waals surface area contributed by atoms with Crippen molar-refractivity contribution in [2.75, 3.05) is 13.1 Å². The summed E-state index contributed by atoms with van der Waals surface area (Å²) in [5.41, 5.74) is 0.611. The van der Waals surface area contributed by atoms with E-state index in [0.29, 0.717) is 18.7 Å². The van der Waals surface area contributed by atoms with E-state index in [1.807, 2.05) is 4.90 Å². The van der Waals surface area contributed by atoms with E-state index in [2.05, 4.69) is 5.32 Å². The van der Waals surface area contributed by atoms with Gasteiger partial charge in [0.25, 0.3) is 5.91 Å². The van der Waals surface area contributed by atoms with Crippen LogP contribution in [0, 0.1) is 5.92 Å². The Labute approximate surface area is 134 Å². The molecule has 0 bridgehead atoms. The number of amides is 2. The molecule has 0 radical (unpaired) electrons. The molecule has 2 fully saturated rings. The van der Waals surface area contributed by atoms with Gasteiger partial charge in [0.1, 0.15) is 0 Å². The van der Waals surface area contributed by atoms with Gasteiger partial charge in [-0.05, 0) is 49.9 Å². The minimum Gasteiger partial charge on any atom is -0.478 e. The molecule has 122 valence electrons. The van der Waals surface area contributed by atoms with E-state index in [-0.39, 0.29) is 29.3 Å². The third kappa shape index (κ3) is 3.70. The van der Waals surface area contributed by atoms with Gasteiger partial charge >= 0.3 is 5.97 Å². The highest BCUT2D eigenvalue weighted by Crippen LogP contribution is 2.31. The Balaban J connectivity index is 1.50. The molecular formula is C17H20N2O4. The molecule has 1 aromatic rings. The number of piperidine rings is 1. The lowest BCUT2D eigenvalue weighted by atomic mass is 10.0. The van der Waals surface area contributed by atoms with Crippen LogP contribution in [0.5, 0.6) is 0 Å². The second kappa shape index (κ2) is 6.40. The number of hydrogen-bond acceptors (Lipinski definition) is 3. The topological polar surface area (TPSA) is 86.7 Å². The maximum absolute atomic E-state index is 12.2. The van der Waals surface area contributed by atoms with Gasteiger partial charge in [-0.15, -0.1) is 0 Å². The van der Waals surface area contributed by atoms with Crippen molar-refractivity contribution in [3.8, 4) is 0 Å². The van der Waals surface area contributed by atoms with Crippen molar-refractivity contribution in [3.05, 3.63) is 35.4 Å². The molecule has 3 rings (SSSR count). The molecule has 1 saturated carbocycles. The molecule has 1 aliphatic carbocycles. The van der Waals surface area contributed by atoms with Crippen LogP contribution in [0.2, 0.25) is 0 Å². The third-order valence-corrected chi connectivity index (χ3v) is 4.46. The van der Waals surface area contributed by atoms with Crippen molar-refractivity contribution in [2.24, 2.45) is 5.92 Å². The number of nitrogens with one attached hydrogen (secondary N) is 1. The molecule has 0 spiro atoms. The molecule has 2 amide bonds. The van der Waals surface area contributed by atoms with Crippen LogP contribution in [0.15, 0.2) is 24.3 Å². The van der Waals surface area contributed by atoms with Crippen LogP contribution in [0.4, 0.5) is 0 Å².